The van der Waals surface area contributed by atoms with Crippen molar-refractivity contribution in [2.75, 3.05) is 0 Å². The molecule has 4 rings (SSSR count). The van der Waals surface area contributed by atoms with Crippen LogP contribution in [-0.4, -0.2) is 0 Å². The number of hydrogen-bond acceptors (Lipinski definition) is 1. The molecule has 0 saturated heterocycles. The number of hydrogen-bond donors (Lipinski definition) is 1. The van der Waals surface area contributed by atoms with E-state index in [1.165, 1.54) is 41.5 Å². The van der Waals surface area contributed by atoms with E-state index in [0.717, 1.165) is 6.42 Å². The molecule has 2 aliphatic rings. The van der Waals surface area contributed by atoms with E-state index in [1.54, 1.807) is 0 Å². The zero-order chi connectivity index (χ0) is 17.1. The largest absolute Gasteiger partial charge is 0.299 e. The molecule has 0 radical (unpaired) electrons. The first-order chi connectivity index (χ1) is 12.3. The van der Waals surface area contributed by atoms with Crippen molar-refractivity contribution in [2.24, 2.45) is 5.92 Å². The summed E-state index contributed by atoms with van der Waals surface area (Å²) in [7, 11) is 0. The van der Waals surface area contributed by atoms with Crippen LogP contribution in [0.3, 0.4) is 0 Å². The van der Waals surface area contributed by atoms with E-state index in [1.807, 2.05) is 0 Å². The summed E-state index contributed by atoms with van der Waals surface area (Å²) in [5.74, 6) is 0.649. The highest BCUT2D eigenvalue weighted by Crippen LogP contribution is 2.35. The Morgan fingerprint density at radius 2 is 1.80 bits per heavy atom. The molecule has 0 saturated carbocycles. The van der Waals surface area contributed by atoms with Crippen LogP contribution in [0.1, 0.15) is 55.0 Å². The van der Waals surface area contributed by atoms with Gasteiger partial charge in [-0.15, -0.1) is 0 Å². The Morgan fingerprint density at radius 1 is 1.00 bits per heavy atom. The van der Waals surface area contributed by atoms with Crippen molar-refractivity contribution in [3.63, 3.8) is 0 Å². The lowest BCUT2D eigenvalue weighted by Crippen LogP contribution is -2.30. The molecule has 0 spiro atoms. The molecule has 2 aliphatic carbocycles. The summed E-state index contributed by atoms with van der Waals surface area (Å²) in [5.41, 5.74) is 5.77. The van der Waals surface area contributed by atoms with Crippen LogP contribution in [0.2, 0.25) is 0 Å². The number of rotatable bonds is 4. The summed E-state index contributed by atoms with van der Waals surface area (Å²) in [5, 5.41) is 3.99. The third-order valence-electron chi connectivity index (χ3n) is 5.55. The Labute approximate surface area is 151 Å². The van der Waals surface area contributed by atoms with E-state index >= 15 is 0 Å². The van der Waals surface area contributed by atoms with Crippen molar-refractivity contribution in [1.29, 1.82) is 0 Å². The molecule has 2 aromatic carbocycles. The van der Waals surface area contributed by atoms with Crippen LogP contribution in [0, 0.1) is 5.92 Å². The second-order valence-electron chi connectivity index (χ2n) is 7.43. The number of nitrogens with one attached hydrogen (secondary N) is 1. The summed E-state index contributed by atoms with van der Waals surface area (Å²) in [6.45, 7) is 2.28. The first-order valence-electron chi connectivity index (χ1n) is 9.58. The van der Waals surface area contributed by atoms with E-state index in [-0.39, 0.29) is 6.04 Å². The molecule has 0 heterocycles. The van der Waals surface area contributed by atoms with Crippen LogP contribution in [0.25, 0.3) is 0 Å². The van der Waals surface area contributed by atoms with Gasteiger partial charge in [0, 0.05) is 6.04 Å². The van der Waals surface area contributed by atoms with Crippen molar-refractivity contribution in [3.8, 4) is 0 Å². The Kier molecular flexibility index (Phi) is 4.85. The highest BCUT2D eigenvalue weighted by atomic mass is 15.0. The fourth-order valence-electron chi connectivity index (χ4n) is 4.12. The number of allylic oxidation sites excluding steroid dienone is 2. The van der Waals surface area contributed by atoms with Crippen molar-refractivity contribution in [3.05, 3.63) is 95.1 Å². The summed E-state index contributed by atoms with van der Waals surface area (Å²) in [4.78, 5) is 0. The molecule has 2 aromatic rings. The van der Waals surface area contributed by atoms with Gasteiger partial charge in [-0.05, 0) is 53.9 Å². The zero-order valence-corrected chi connectivity index (χ0v) is 15.0. The maximum Gasteiger partial charge on any atom is 0.0578 e. The number of benzene rings is 2. The first kappa shape index (κ1) is 16.4. The van der Waals surface area contributed by atoms with Gasteiger partial charge in [-0.2, -0.15) is 0 Å². The maximum atomic E-state index is 3.99. The fraction of sp³-hybridized carbons (Fsp3) is 0.333. The lowest BCUT2D eigenvalue weighted by Gasteiger charge is -2.32. The van der Waals surface area contributed by atoms with Gasteiger partial charge in [0.25, 0.3) is 0 Å². The van der Waals surface area contributed by atoms with Gasteiger partial charge in [0.2, 0.25) is 0 Å². The fourth-order valence-corrected chi connectivity index (χ4v) is 4.12. The van der Waals surface area contributed by atoms with Gasteiger partial charge >= 0.3 is 0 Å². The second-order valence-corrected chi connectivity index (χ2v) is 7.43. The molecule has 2 unspecified atom stereocenters. The Hall–Kier alpha value is -2.12. The van der Waals surface area contributed by atoms with Gasteiger partial charge < -0.3 is 0 Å². The molecule has 1 N–H and O–H groups in total. The predicted molar refractivity (Wildman–Crippen MR) is 105 cm³/mol. The number of fused-ring (bicyclic) bond motifs is 1. The smallest absolute Gasteiger partial charge is 0.0578 e. The molecule has 0 aliphatic heterocycles. The predicted octanol–water partition coefficient (Wildman–Crippen LogP) is 5.92. The molecule has 0 amide bonds. The average molecular weight is 329 g/mol. The van der Waals surface area contributed by atoms with Crippen molar-refractivity contribution in [1.82, 2.24) is 5.32 Å². The highest BCUT2D eigenvalue weighted by Gasteiger charge is 2.25. The molecule has 0 bridgehead atoms. The van der Waals surface area contributed by atoms with Gasteiger partial charge in [0.1, 0.15) is 0 Å². The van der Waals surface area contributed by atoms with E-state index in [2.05, 4.69) is 85.1 Å². The molecule has 0 fully saturated rings. The standard InChI is InChI=1S/C24H27N/c1-18-14-16-21(17-15-18)24(20-9-3-2-4-10-20)25-23-13-7-11-19-8-5-6-12-22(19)23/h2-6,8-10,12,14,16-18,23-25H,7,11,13,15H2,1H3/t18?,23-,24?/m1/s1. The van der Waals surface area contributed by atoms with Crippen LogP contribution in [0.15, 0.2) is 78.4 Å². The van der Waals surface area contributed by atoms with Gasteiger partial charge in [-0.25, -0.2) is 0 Å². The molecule has 0 aromatic heterocycles. The van der Waals surface area contributed by atoms with E-state index in [0.29, 0.717) is 12.0 Å². The molecular weight excluding hydrogens is 302 g/mol. The minimum Gasteiger partial charge on any atom is -0.299 e. The Balaban J connectivity index is 1.65. The Morgan fingerprint density at radius 3 is 2.60 bits per heavy atom. The minimum atomic E-state index is 0.265. The quantitative estimate of drug-likeness (QED) is 0.734. The topological polar surface area (TPSA) is 12.0 Å². The maximum absolute atomic E-state index is 3.99. The third-order valence-corrected chi connectivity index (χ3v) is 5.55. The molecule has 1 heteroatoms. The second kappa shape index (κ2) is 7.41. The number of aryl methyl sites for hydroxylation is 1. The van der Waals surface area contributed by atoms with Gasteiger partial charge in [0.05, 0.1) is 6.04 Å². The van der Waals surface area contributed by atoms with Gasteiger partial charge in [-0.1, -0.05) is 79.7 Å². The van der Waals surface area contributed by atoms with Crippen molar-refractivity contribution in [2.45, 2.75) is 44.7 Å². The summed E-state index contributed by atoms with van der Waals surface area (Å²) in [6.07, 6.45) is 11.9. The highest BCUT2D eigenvalue weighted by molar-refractivity contribution is 5.38. The molecule has 25 heavy (non-hydrogen) atoms. The van der Waals surface area contributed by atoms with E-state index < -0.39 is 0 Å². The van der Waals surface area contributed by atoms with Crippen LogP contribution < -0.4 is 5.32 Å². The van der Waals surface area contributed by atoms with E-state index in [4.69, 9.17) is 0 Å². The lowest BCUT2D eigenvalue weighted by atomic mass is 9.85. The summed E-state index contributed by atoms with van der Waals surface area (Å²) < 4.78 is 0. The van der Waals surface area contributed by atoms with Crippen LogP contribution in [-0.2, 0) is 6.42 Å². The normalized spacial score (nSPS) is 23.6. The zero-order valence-electron chi connectivity index (χ0n) is 15.0. The minimum absolute atomic E-state index is 0.265. The van der Waals surface area contributed by atoms with Crippen LogP contribution >= 0.6 is 0 Å². The van der Waals surface area contributed by atoms with Crippen molar-refractivity contribution >= 4 is 0 Å². The van der Waals surface area contributed by atoms with Crippen LogP contribution in [0.5, 0.6) is 0 Å². The van der Waals surface area contributed by atoms with Crippen LogP contribution in [0.4, 0.5) is 0 Å². The molecular formula is C24H27N. The average Bonchev–Trinajstić information content (AvgIpc) is 2.68. The molecule has 1 nitrogen and oxygen atoms in total. The molecule has 3 atom stereocenters. The Bertz CT molecular complexity index is 772. The van der Waals surface area contributed by atoms with E-state index in [9.17, 15) is 0 Å². The lowest BCUT2D eigenvalue weighted by molar-refractivity contribution is 0.426. The summed E-state index contributed by atoms with van der Waals surface area (Å²) in [6, 6.07) is 20.5. The third kappa shape index (κ3) is 3.62. The monoisotopic (exact) mass is 329 g/mol. The summed E-state index contributed by atoms with van der Waals surface area (Å²) >= 11 is 0. The van der Waals surface area contributed by atoms with Crippen molar-refractivity contribution < 1.29 is 0 Å². The van der Waals surface area contributed by atoms with Gasteiger partial charge in [0.15, 0.2) is 0 Å². The first-order valence-corrected chi connectivity index (χ1v) is 9.58. The van der Waals surface area contributed by atoms with Gasteiger partial charge in [-0.3, -0.25) is 5.32 Å². The SMILES string of the molecule is CC1C=CC(C(N[C@@H]2CCCc3ccccc32)c2ccccc2)=CC1. The molecule has 128 valence electrons.